The largest absolute Gasteiger partial charge is 0.468 e. The molecule has 0 amide bonds. The lowest BCUT2D eigenvalue weighted by Crippen LogP contribution is -2.36. The smallest absolute Gasteiger partial charge is 0.118 e. The van der Waals surface area contributed by atoms with Crippen LogP contribution in [0.2, 0.25) is 0 Å². The van der Waals surface area contributed by atoms with E-state index < -0.39 is 0 Å². The first kappa shape index (κ1) is 11.6. The fraction of sp³-hybridized carbons (Fsp3) is 0.667. The van der Waals surface area contributed by atoms with Gasteiger partial charge in [-0.05, 0) is 26.0 Å². The minimum absolute atomic E-state index is 0.546. The quantitative estimate of drug-likeness (QED) is 0.838. The van der Waals surface area contributed by atoms with Gasteiger partial charge < -0.3 is 14.9 Å². The summed E-state index contributed by atoms with van der Waals surface area (Å²) in [5, 5.41) is 0. The van der Waals surface area contributed by atoms with E-state index in [2.05, 4.69) is 11.9 Å². The van der Waals surface area contributed by atoms with Crippen LogP contribution in [0, 0.1) is 0 Å². The summed E-state index contributed by atoms with van der Waals surface area (Å²) in [5.74, 6) is 0.995. The second kappa shape index (κ2) is 5.48. The number of hydrogen-bond donors (Lipinski definition) is 1. The normalized spacial score (nSPS) is 18.2. The van der Waals surface area contributed by atoms with E-state index in [-0.39, 0.29) is 0 Å². The molecule has 0 spiro atoms. The molecule has 2 rings (SSSR count). The Bertz CT molecular complexity index is 319. The first-order valence-corrected chi connectivity index (χ1v) is 5.84. The fourth-order valence-corrected chi connectivity index (χ4v) is 2.12. The monoisotopic (exact) mass is 224 g/mol. The Morgan fingerprint density at radius 3 is 2.81 bits per heavy atom. The number of furan rings is 1. The molecular formula is C12H20N2O2. The Labute approximate surface area is 96.4 Å². The second-order valence-corrected chi connectivity index (χ2v) is 4.38. The van der Waals surface area contributed by atoms with Gasteiger partial charge in [-0.25, -0.2) is 0 Å². The maximum Gasteiger partial charge on any atom is 0.118 e. The van der Waals surface area contributed by atoms with Crippen molar-refractivity contribution in [2.75, 3.05) is 20.3 Å². The average molecular weight is 224 g/mol. The number of rotatable bonds is 4. The van der Waals surface area contributed by atoms with Gasteiger partial charge in [0.25, 0.3) is 0 Å². The Balaban J connectivity index is 1.87. The van der Waals surface area contributed by atoms with Gasteiger partial charge >= 0.3 is 0 Å². The third-order valence-corrected chi connectivity index (χ3v) is 3.16. The molecule has 1 aromatic rings. The molecule has 1 fully saturated rings. The van der Waals surface area contributed by atoms with Gasteiger partial charge in [-0.3, -0.25) is 4.90 Å². The minimum Gasteiger partial charge on any atom is -0.468 e. The maximum absolute atomic E-state index is 5.55. The van der Waals surface area contributed by atoms with E-state index in [0.29, 0.717) is 12.6 Å². The molecule has 0 radical (unpaired) electrons. The Kier molecular flexibility index (Phi) is 3.98. The molecule has 90 valence electrons. The first-order chi connectivity index (χ1) is 7.79. The average Bonchev–Trinajstić information content (AvgIpc) is 2.78. The first-order valence-electron chi connectivity index (χ1n) is 5.84. The van der Waals surface area contributed by atoms with Crippen LogP contribution in [0.5, 0.6) is 0 Å². The molecule has 0 bridgehead atoms. The van der Waals surface area contributed by atoms with E-state index in [1.165, 1.54) is 0 Å². The van der Waals surface area contributed by atoms with Crippen LogP contribution in [0.1, 0.15) is 24.2 Å². The van der Waals surface area contributed by atoms with Crippen LogP contribution in [0.3, 0.4) is 0 Å². The van der Waals surface area contributed by atoms with Crippen LogP contribution in [0.15, 0.2) is 16.7 Å². The van der Waals surface area contributed by atoms with Crippen LogP contribution in [0.4, 0.5) is 0 Å². The molecule has 0 aliphatic carbocycles. The molecule has 1 aromatic heterocycles. The van der Waals surface area contributed by atoms with E-state index >= 15 is 0 Å². The van der Waals surface area contributed by atoms with Gasteiger partial charge in [-0.1, -0.05) is 0 Å². The Hall–Kier alpha value is -0.840. The van der Waals surface area contributed by atoms with E-state index in [9.17, 15) is 0 Å². The van der Waals surface area contributed by atoms with Crippen molar-refractivity contribution >= 4 is 0 Å². The highest BCUT2D eigenvalue weighted by atomic mass is 16.5. The summed E-state index contributed by atoms with van der Waals surface area (Å²) in [4.78, 5) is 2.33. The Morgan fingerprint density at radius 1 is 1.44 bits per heavy atom. The zero-order chi connectivity index (χ0) is 11.4. The van der Waals surface area contributed by atoms with Crippen molar-refractivity contribution in [1.29, 1.82) is 0 Å². The summed E-state index contributed by atoms with van der Waals surface area (Å²) in [6.07, 6.45) is 3.97. The van der Waals surface area contributed by atoms with Crippen LogP contribution in [0.25, 0.3) is 0 Å². The van der Waals surface area contributed by atoms with Crippen molar-refractivity contribution in [3.8, 4) is 0 Å². The van der Waals surface area contributed by atoms with Gasteiger partial charge in [0.2, 0.25) is 0 Å². The molecule has 4 heteroatoms. The van der Waals surface area contributed by atoms with Gasteiger partial charge in [0.05, 0.1) is 12.8 Å². The highest BCUT2D eigenvalue weighted by Gasteiger charge is 2.19. The van der Waals surface area contributed by atoms with Crippen molar-refractivity contribution in [3.63, 3.8) is 0 Å². The lowest BCUT2D eigenvalue weighted by atomic mass is 10.1. The molecule has 0 saturated carbocycles. The number of nitrogens with two attached hydrogens (primary N) is 1. The fourth-order valence-electron chi connectivity index (χ4n) is 2.12. The highest BCUT2D eigenvalue weighted by Crippen LogP contribution is 2.16. The van der Waals surface area contributed by atoms with Crippen LogP contribution >= 0.6 is 0 Å². The second-order valence-electron chi connectivity index (χ2n) is 4.38. The van der Waals surface area contributed by atoms with Gasteiger partial charge in [0.15, 0.2) is 0 Å². The van der Waals surface area contributed by atoms with Crippen LogP contribution in [-0.4, -0.2) is 31.2 Å². The summed E-state index contributed by atoms with van der Waals surface area (Å²) in [5.41, 5.74) is 6.61. The van der Waals surface area contributed by atoms with Crippen molar-refractivity contribution in [2.24, 2.45) is 5.73 Å². The summed E-state index contributed by atoms with van der Waals surface area (Å²) in [7, 11) is 2.14. The minimum atomic E-state index is 0.546. The van der Waals surface area contributed by atoms with Crippen molar-refractivity contribution in [1.82, 2.24) is 4.90 Å². The molecule has 2 heterocycles. The van der Waals surface area contributed by atoms with Gasteiger partial charge in [0, 0.05) is 31.4 Å². The lowest BCUT2D eigenvalue weighted by Gasteiger charge is -2.30. The van der Waals surface area contributed by atoms with Gasteiger partial charge in [-0.15, -0.1) is 0 Å². The summed E-state index contributed by atoms with van der Waals surface area (Å²) in [6.45, 7) is 3.15. The molecule has 1 aliphatic heterocycles. The zero-order valence-corrected chi connectivity index (χ0v) is 9.82. The molecule has 2 N–H and O–H groups in total. The lowest BCUT2D eigenvalue weighted by molar-refractivity contribution is 0.0387. The third-order valence-electron chi connectivity index (χ3n) is 3.16. The molecule has 0 atom stereocenters. The van der Waals surface area contributed by atoms with Crippen molar-refractivity contribution < 1.29 is 9.15 Å². The van der Waals surface area contributed by atoms with Crippen LogP contribution in [-0.2, 0) is 17.8 Å². The molecule has 0 unspecified atom stereocenters. The zero-order valence-electron chi connectivity index (χ0n) is 9.82. The predicted octanol–water partition coefficient (Wildman–Crippen LogP) is 1.35. The highest BCUT2D eigenvalue weighted by molar-refractivity contribution is 5.12. The summed E-state index contributed by atoms with van der Waals surface area (Å²) >= 11 is 0. The number of nitrogens with zero attached hydrogens (tertiary/aromatic N) is 1. The van der Waals surface area contributed by atoms with Crippen LogP contribution < -0.4 is 5.73 Å². The maximum atomic E-state index is 5.55. The van der Waals surface area contributed by atoms with Gasteiger partial charge in [-0.2, -0.15) is 0 Å². The molecular weight excluding hydrogens is 204 g/mol. The van der Waals surface area contributed by atoms with E-state index in [1.807, 2.05) is 6.07 Å². The van der Waals surface area contributed by atoms with E-state index in [0.717, 1.165) is 43.9 Å². The van der Waals surface area contributed by atoms with E-state index in [1.54, 1.807) is 6.26 Å². The topological polar surface area (TPSA) is 51.6 Å². The standard InChI is InChI=1S/C12H20N2O2/c1-14(11-2-4-15-5-3-11)8-12-6-10(7-13)9-16-12/h6,9,11H,2-5,7-8,13H2,1H3. The molecule has 4 nitrogen and oxygen atoms in total. The molecule has 1 saturated heterocycles. The molecule has 16 heavy (non-hydrogen) atoms. The molecule has 0 aromatic carbocycles. The predicted molar refractivity (Wildman–Crippen MR) is 61.9 cm³/mol. The third kappa shape index (κ3) is 2.84. The Morgan fingerprint density at radius 2 is 2.19 bits per heavy atom. The van der Waals surface area contributed by atoms with Crippen molar-refractivity contribution in [2.45, 2.75) is 32.0 Å². The molecule has 1 aliphatic rings. The number of ether oxygens (including phenoxy) is 1. The summed E-state index contributed by atoms with van der Waals surface area (Å²) in [6, 6.07) is 2.65. The van der Waals surface area contributed by atoms with Gasteiger partial charge in [0.1, 0.15) is 5.76 Å². The van der Waals surface area contributed by atoms with E-state index in [4.69, 9.17) is 14.9 Å². The van der Waals surface area contributed by atoms with Crippen molar-refractivity contribution in [3.05, 3.63) is 23.7 Å². The SMILES string of the molecule is CN(Cc1cc(CN)co1)C1CCOCC1. The number of hydrogen-bond acceptors (Lipinski definition) is 4. The summed E-state index contributed by atoms with van der Waals surface area (Å²) < 4.78 is 10.8.